The highest BCUT2D eigenvalue weighted by atomic mass is 32.2. The van der Waals surface area contributed by atoms with Crippen LogP contribution in [0.3, 0.4) is 0 Å². The Balaban J connectivity index is 1.62. The first-order chi connectivity index (χ1) is 13.6. The van der Waals surface area contributed by atoms with E-state index >= 15 is 0 Å². The molecule has 0 saturated heterocycles. The molecule has 0 spiro atoms. The molecule has 2 aliphatic rings. The summed E-state index contributed by atoms with van der Waals surface area (Å²) < 4.78 is 0. The summed E-state index contributed by atoms with van der Waals surface area (Å²) >= 11 is 1.30. The van der Waals surface area contributed by atoms with Gasteiger partial charge >= 0.3 is 0 Å². The molecule has 7 heteroatoms. The van der Waals surface area contributed by atoms with E-state index in [1.807, 2.05) is 61.5 Å². The van der Waals surface area contributed by atoms with E-state index in [2.05, 4.69) is 15.3 Å². The third-order valence-electron chi connectivity index (χ3n) is 4.61. The molecular formula is C21H20N4O2S. The topological polar surface area (TPSA) is 74.1 Å². The first-order valence-electron chi connectivity index (χ1n) is 9.21. The average molecular weight is 392 g/mol. The molecule has 0 fully saturated rings. The number of anilines is 1. The number of aliphatic imine (C=N–C) groups is 2. The Kier molecular flexibility index (Phi) is 5.00. The number of thioether (sulfide) groups is 1. The van der Waals surface area contributed by atoms with Crippen LogP contribution in [-0.4, -0.2) is 39.0 Å². The van der Waals surface area contributed by atoms with Gasteiger partial charge in [-0.2, -0.15) is 0 Å². The number of nitrogens with zero attached hydrogens (tertiary/aromatic N) is 3. The predicted octanol–water partition coefficient (Wildman–Crippen LogP) is 3.82. The fourth-order valence-electron chi connectivity index (χ4n) is 3.15. The third kappa shape index (κ3) is 3.33. The van der Waals surface area contributed by atoms with Gasteiger partial charge < -0.3 is 5.32 Å². The summed E-state index contributed by atoms with van der Waals surface area (Å²) in [5.74, 6) is 0.386. The summed E-state index contributed by atoms with van der Waals surface area (Å²) in [6.07, 6.45) is 0.605. The molecule has 0 radical (unpaired) electrons. The number of carbonyl (C=O) groups excluding carboxylic acids is 2. The zero-order valence-corrected chi connectivity index (χ0v) is 16.4. The largest absolute Gasteiger partial charge is 0.325 e. The van der Waals surface area contributed by atoms with Crippen LogP contribution in [0.1, 0.15) is 25.8 Å². The molecule has 2 heterocycles. The summed E-state index contributed by atoms with van der Waals surface area (Å²) in [7, 11) is 0. The van der Waals surface area contributed by atoms with E-state index in [1.54, 1.807) is 11.8 Å². The van der Waals surface area contributed by atoms with Crippen molar-refractivity contribution < 1.29 is 9.59 Å². The highest BCUT2D eigenvalue weighted by Crippen LogP contribution is 2.35. The normalized spacial score (nSPS) is 18.7. The molecule has 0 aliphatic carbocycles. The lowest BCUT2D eigenvalue weighted by molar-refractivity contribution is -0.124. The lowest BCUT2D eigenvalue weighted by Crippen LogP contribution is -2.42. The third-order valence-corrected chi connectivity index (χ3v) is 5.93. The number of benzene rings is 2. The van der Waals surface area contributed by atoms with Crippen LogP contribution in [0.2, 0.25) is 0 Å². The zero-order valence-electron chi connectivity index (χ0n) is 15.6. The van der Waals surface area contributed by atoms with Crippen LogP contribution in [0.4, 0.5) is 11.4 Å². The molecule has 1 N–H and O–H groups in total. The minimum atomic E-state index is -0.454. The van der Waals surface area contributed by atoms with Crippen molar-refractivity contribution in [3.63, 3.8) is 0 Å². The zero-order chi connectivity index (χ0) is 19.7. The van der Waals surface area contributed by atoms with Crippen LogP contribution in [0.25, 0.3) is 0 Å². The first-order valence-corrected chi connectivity index (χ1v) is 10.1. The lowest BCUT2D eigenvalue weighted by Gasteiger charge is -2.27. The maximum atomic E-state index is 12.8. The van der Waals surface area contributed by atoms with Crippen LogP contribution in [-0.2, 0) is 9.59 Å². The minimum Gasteiger partial charge on any atom is -0.325 e. The smallest absolute Gasteiger partial charge is 0.258 e. The molecule has 2 amide bonds. The second-order valence-electron chi connectivity index (χ2n) is 6.58. The minimum absolute atomic E-state index is 0.113. The van der Waals surface area contributed by atoms with E-state index in [0.717, 1.165) is 16.9 Å². The van der Waals surface area contributed by atoms with Gasteiger partial charge in [-0.05, 0) is 37.6 Å². The van der Waals surface area contributed by atoms with Gasteiger partial charge in [-0.1, -0.05) is 49.0 Å². The van der Waals surface area contributed by atoms with Gasteiger partial charge in [0.2, 0.25) is 5.91 Å². The number of para-hydroxylation sites is 2. The van der Waals surface area contributed by atoms with E-state index in [4.69, 9.17) is 0 Å². The average Bonchev–Trinajstić information content (AvgIpc) is 3.02. The van der Waals surface area contributed by atoms with Gasteiger partial charge in [0.25, 0.3) is 5.91 Å². The van der Waals surface area contributed by atoms with Crippen LogP contribution in [0.5, 0.6) is 0 Å². The number of fused-ring (bicyclic) bond motifs is 3. The van der Waals surface area contributed by atoms with Gasteiger partial charge in [0.05, 0.1) is 10.9 Å². The van der Waals surface area contributed by atoms with Gasteiger partial charge in [0.15, 0.2) is 5.17 Å². The molecule has 0 unspecified atom stereocenters. The second-order valence-corrected chi connectivity index (χ2v) is 7.75. The molecule has 142 valence electrons. The van der Waals surface area contributed by atoms with Gasteiger partial charge in [0.1, 0.15) is 11.9 Å². The molecule has 0 saturated carbocycles. The fourth-order valence-corrected chi connectivity index (χ4v) is 4.17. The number of hydrogen-bond acceptors (Lipinski definition) is 5. The van der Waals surface area contributed by atoms with Crippen LogP contribution >= 0.6 is 11.8 Å². The van der Waals surface area contributed by atoms with Crippen molar-refractivity contribution in [3.05, 3.63) is 60.2 Å². The van der Waals surface area contributed by atoms with Crippen molar-refractivity contribution in [2.45, 2.75) is 31.6 Å². The number of amides is 2. The monoisotopic (exact) mass is 392 g/mol. The number of hydrogen-bond donors (Lipinski definition) is 1. The Hall–Kier alpha value is -2.93. The van der Waals surface area contributed by atoms with E-state index in [-0.39, 0.29) is 17.1 Å². The molecule has 2 aromatic carbocycles. The van der Waals surface area contributed by atoms with E-state index in [0.29, 0.717) is 17.4 Å². The van der Waals surface area contributed by atoms with Crippen molar-refractivity contribution in [2.75, 3.05) is 5.32 Å². The molecule has 2 aromatic rings. The van der Waals surface area contributed by atoms with E-state index < -0.39 is 6.04 Å². The lowest BCUT2D eigenvalue weighted by atomic mass is 10.1. The molecule has 4 rings (SSSR count). The maximum absolute atomic E-state index is 12.8. The molecular weight excluding hydrogens is 372 g/mol. The standard InChI is InChI=1S/C21H20N4O2S/c1-3-17(19(26)23-14-9-5-4-6-10-14)28-21-24-16-12-8-7-11-15(16)18-22-13(2)20(27)25(18)21/h4-13,17H,3H2,1-2H3,(H,23,26)/t13-,17+/m1/s1. The van der Waals surface area contributed by atoms with E-state index in [1.165, 1.54) is 11.8 Å². The summed E-state index contributed by atoms with van der Waals surface area (Å²) in [6, 6.07) is 16.5. The molecule has 28 heavy (non-hydrogen) atoms. The second kappa shape index (κ2) is 7.59. The molecule has 6 nitrogen and oxygen atoms in total. The SMILES string of the molecule is CC[C@H](SC1=Nc2ccccc2C2=N[C@H](C)C(=O)N12)C(=O)Nc1ccccc1. The molecule has 0 bridgehead atoms. The van der Waals surface area contributed by atoms with Crippen LogP contribution < -0.4 is 5.32 Å². The number of nitrogens with one attached hydrogen (secondary N) is 1. The van der Waals surface area contributed by atoms with Crippen molar-refractivity contribution in [3.8, 4) is 0 Å². The van der Waals surface area contributed by atoms with Gasteiger partial charge in [-0.25, -0.2) is 9.89 Å². The Morgan fingerprint density at radius 3 is 2.64 bits per heavy atom. The highest BCUT2D eigenvalue weighted by molar-refractivity contribution is 8.15. The summed E-state index contributed by atoms with van der Waals surface area (Å²) in [4.78, 5) is 36.2. The number of carbonyl (C=O) groups is 2. The Bertz CT molecular complexity index is 987. The van der Waals surface area contributed by atoms with Crippen LogP contribution in [0, 0.1) is 0 Å². The first kappa shape index (κ1) is 18.4. The molecule has 2 aliphatic heterocycles. The highest BCUT2D eigenvalue weighted by Gasteiger charge is 2.40. The quantitative estimate of drug-likeness (QED) is 0.860. The van der Waals surface area contributed by atoms with Crippen molar-refractivity contribution in [2.24, 2.45) is 9.98 Å². The molecule has 2 atom stereocenters. The summed E-state index contributed by atoms with van der Waals surface area (Å²) in [5, 5.41) is 3.05. The number of rotatable bonds is 4. The van der Waals surface area contributed by atoms with Crippen molar-refractivity contribution >= 4 is 46.0 Å². The number of amidine groups is 2. The summed E-state index contributed by atoms with van der Waals surface area (Å²) in [6.45, 7) is 3.72. The van der Waals surface area contributed by atoms with Crippen molar-refractivity contribution in [1.82, 2.24) is 4.90 Å². The van der Waals surface area contributed by atoms with Gasteiger partial charge in [-0.15, -0.1) is 0 Å². The summed E-state index contributed by atoms with van der Waals surface area (Å²) in [5.41, 5.74) is 2.35. The van der Waals surface area contributed by atoms with Gasteiger partial charge in [0, 0.05) is 11.3 Å². The fraction of sp³-hybridized carbons (Fsp3) is 0.238. The van der Waals surface area contributed by atoms with Crippen molar-refractivity contribution in [1.29, 1.82) is 0 Å². The molecule has 0 aromatic heterocycles. The Morgan fingerprint density at radius 1 is 1.18 bits per heavy atom. The Morgan fingerprint density at radius 2 is 1.89 bits per heavy atom. The maximum Gasteiger partial charge on any atom is 0.258 e. The van der Waals surface area contributed by atoms with Gasteiger partial charge in [-0.3, -0.25) is 14.6 Å². The van der Waals surface area contributed by atoms with E-state index in [9.17, 15) is 9.59 Å². The van der Waals surface area contributed by atoms with Crippen LogP contribution in [0.15, 0.2) is 64.6 Å². The predicted molar refractivity (Wildman–Crippen MR) is 113 cm³/mol. The Labute approximate surface area is 167 Å².